The van der Waals surface area contributed by atoms with Crippen LogP contribution in [-0.4, -0.2) is 62.7 Å². The first kappa shape index (κ1) is 19.7. The van der Waals surface area contributed by atoms with Crippen LogP contribution in [0.2, 0.25) is 0 Å². The molecule has 0 radical (unpaired) electrons. The number of anilines is 1. The number of rotatable bonds is 3. The molecular formula is C23H25N5O3. The minimum absolute atomic E-state index is 0.0336. The van der Waals surface area contributed by atoms with Crippen molar-refractivity contribution in [1.29, 1.82) is 0 Å². The van der Waals surface area contributed by atoms with E-state index in [1.165, 1.54) is 0 Å². The molecule has 8 heteroatoms. The zero-order valence-corrected chi connectivity index (χ0v) is 17.6. The summed E-state index contributed by atoms with van der Waals surface area (Å²) in [7, 11) is 0. The Morgan fingerprint density at radius 2 is 2.06 bits per heavy atom. The summed E-state index contributed by atoms with van der Waals surface area (Å²) in [5.74, 6) is -0.0481. The SMILES string of the molecule is Cc1cccc2c1C1(CCN(C(=O)c3cnc4[nH]ncc4c3)CC1)C(=O)N2CC(C)O. The number of aromatic amines is 1. The maximum atomic E-state index is 13.6. The van der Waals surface area contributed by atoms with Gasteiger partial charge in [0, 0.05) is 30.4 Å². The molecule has 0 aliphatic carbocycles. The Morgan fingerprint density at radius 1 is 1.29 bits per heavy atom. The van der Waals surface area contributed by atoms with E-state index >= 15 is 0 Å². The van der Waals surface area contributed by atoms with E-state index < -0.39 is 11.5 Å². The van der Waals surface area contributed by atoms with Crippen LogP contribution in [0.4, 0.5) is 5.69 Å². The van der Waals surface area contributed by atoms with Crippen molar-refractivity contribution in [2.75, 3.05) is 24.5 Å². The number of H-pyrrole nitrogens is 1. The first-order valence-electron chi connectivity index (χ1n) is 10.6. The Balaban J connectivity index is 1.42. The van der Waals surface area contributed by atoms with Gasteiger partial charge in [-0.1, -0.05) is 12.1 Å². The largest absolute Gasteiger partial charge is 0.392 e. The highest BCUT2D eigenvalue weighted by Gasteiger charge is 2.53. The van der Waals surface area contributed by atoms with Crippen LogP contribution in [-0.2, 0) is 10.2 Å². The molecule has 1 fully saturated rings. The van der Waals surface area contributed by atoms with E-state index in [0.29, 0.717) is 37.1 Å². The molecule has 31 heavy (non-hydrogen) atoms. The Labute approximate surface area is 179 Å². The van der Waals surface area contributed by atoms with Crippen molar-refractivity contribution in [2.24, 2.45) is 0 Å². The lowest BCUT2D eigenvalue weighted by atomic mass is 9.72. The average molecular weight is 419 g/mol. The number of fused-ring (bicyclic) bond motifs is 3. The first-order valence-corrected chi connectivity index (χ1v) is 10.6. The van der Waals surface area contributed by atoms with Crippen LogP contribution in [0.15, 0.2) is 36.7 Å². The number of piperidine rings is 1. The predicted molar refractivity (Wildman–Crippen MR) is 116 cm³/mol. The number of aromatic nitrogens is 3. The summed E-state index contributed by atoms with van der Waals surface area (Å²) in [6, 6.07) is 7.74. The molecule has 2 aliphatic rings. The quantitative estimate of drug-likeness (QED) is 0.677. The molecule has 0 bridgehead atoms. The van der Waals surface area contributed by atoms with Gasteiger partial charge in [-0.05, 0) is 49.9 Å². The van der Waals surface area contributed by atoms with Crippen molar-refractivity contribution in [3.8, 4) is 0 Å². The molecule has 1 saturated heterocycles. The van der Waals surface area contributed by atoms with Crippen LogP contribution in [0.25, 0.3) is 11.0 Å². The van der Waals surface area contributed by atoms with Gasteiger partial charge >= 0.3 is 0 Å². The number of nitrogens with zero attached hydrogens (tertiary/aromatic N) is 4. The molecule has 1 unspecified atom stereocenters. The van der Waals surface area contributed by atoms with Gasteiger partial charge in [-0.15, -0.1) is 0 Å². The van der Waals surface area contributed by atoms with E-state index in [2.05, 4.69) is 15.2 Å². The molecule has 1 aromatic carbocycles. The topological polar surface area (TPSA) is 102 Å². The second-order valence-electron chi connectivity index (χ2n) is 8.64. The van der Waals surface area contributed by atoms with Gasteiger partial charge in [0.1, 0.15) is 0 Å². The van der Waals surface area contributed by atoms with E-state index in [4.69, 9.17) is 0 Å². The van der Waals surface area contributed by atoms with Crippen LogP contribution in [0.5, 0.6) is 0 Å². The van der Waals surface area contributed by atoms with Crippen molar-refractivity contribution >= 4 is 28.5 Å². The number of pyridine rings is 1. The van der Waals surface area contributed by atoms with Crippen molar-refractivity contribution in [2.45, 2.75) is 38.2 Å². The minimum atomic E-state index is -0.640. The van der Waals surface area contributed by atoms with Gasteiger partial charge in [0.2, 0.25) is 5.91 Å². The van der Waals surface area contributed by atoms with E-state index in [0.717, 1.165) is 22.2 Å². The van der Waals surface area contributed by atoms with Crippen molar-refractivity contribution < 1.29 is 14.7 Å². The third-order valence-corrected chi connectivity index (χ3v) is 6.56. The number of nitrogens with one attached hydrogen (secondary N) is 1. The normalized spacial score (nSPS) is 18.6. The molecule has 2 N–H and O–H groups in total. The lowest BCUT2D eigenvalue weighted by molar-refractivity contribution is -0.125. The Kier molecular flexibility index (Phi) is 4.55. The smallest absolute Gasteiger partial charge is 0.255 e. The molecule has 2 aliphatic heterocycles. The molecule has 1 spiro atoms. The summed E-state index contributed by atoms with van der Waals surface area (Å²) in [6.07, 6.45) is 3.73. The number of aliphatic hydroxyl groups excluding tert-OH is 1. The van der Waals surface area contributed by atoms with Crippen LogP contribution in [0.1, 0.15) is 41.3 Å². The fraction of sp³-hybridized carbons (Fsp3) is 0.391. The van der Waals surface area contributed by atoms with E-state index in [1.54, 1.807) is 35.2 Å². The van der Waals surface area contributed by atoms with Gasteiger partial charge in [-0.2, -0.15) is 5.10 Å². The second-order valence-corrected chi connectivity index (χ2v) is 8.64. The van der Waals surface area contributed by atoms with E-state index in [1.807, 2.05) is 25.1 Å². The zero-order valence-electron chi connectivity index (χ0n) is 17.6. The van der Waals surface area contributed by atoms with Crippen LogP contribution < -0.4 is 4.90 Å². The van der Waals surface area contributed by atoms with Gasteiger partial charge in [0.15, 0.2) is 5.65 Å². The second kappa shape index (κ2) is 7.16. The monoisotopic (exact) mass is 419 g/mol. The molecule has 8 nitrogen and oxygen atoms in total. The number of hydrogen-bond acceptors (Lipinski definition) is 5. The lowest BCUT2D eigenvalue weighted by Gasteiger charge is -2.39. The highest BCUT2D eigenvalue weighted by atomic mass is 16.3. The number of aliphatic hydroxyl groups is 1. The number of likely N-dealkylation sites (tertiary alicyclic amines) is 1. The average Bonchev–Trinajstić information content (AvgIpc) is 3.31. The molecule has 3 aromatic rings. The minimum Gasteiger partial charge on any atom is -0.392 e. The van der Waals surface area contributed by atoms with Crippen molar-refractivity contribution in [1.82, 2.24) is 20.1 Å². The van der Waals surface area contributed by atoms with Gasteiger partial charge < -0.3 is 14.9 Å². The number of amides is 2. The van der Waals surface area contributed by atoms with E-state index in [-0.39, 0.29) is 18.4 Å². The summed E-state index contributed by atoms with van der Waals surface area (Å²) < 4.78 is 0. The Hall–Kier alpha value is -3.26. The first-order chi connectivity index (χ1) is 14.9. The van der Waals surface area contributed by atoms with Crippen LogP contribution in [0, 0.1) is 6.92 Å². The summed E-state index contributed by atoms with van der Waals surface area (Å²) in [6.45, 7) is 4.98. The van der Waals surface area contributed by atoms with Gasteiger partial charge in [0.25, 0.3) is 5.91 Å². The predicted octanol–water partition coefficient (Wildman–Crippen LogP) is 2.17. The summed E-state index contributed by atoms with van der Waals surface area (Å²) in [4.78, 5) is 34.5. The highest BCUT2D eigenvalue weighted by Crippen LogP contribution is 2.49. The fourth-order valence-corrected chi connectivity index (χ4v) is 5.11. The van der Waals surface area contributed by atoms with E-state index in [9.17, 15) is 14.7 Å². The third kappa shape index (κ3) is 3.01. The third-order valence-electron chi connectivity index (χ3n) is 6.56. The summed E-state index contributed by atoms with van der Waals surface area (Å²) >= 11 is 0. The zero-order chi connectivity index (χ0) is 21.8. The fourth-order valence-electron chi connectivity index (χ4n) is 5.11. The molecule has 0 saturated carbocycles. The number of β-amino-alcohol motifs (C(OH)–C–C–N with tert-alkyl or cyclic N) is 1. The highest BCUT2D eigenvalue weighted by molar-refractivity contribution is 6.09. The molecule has 5 rings (SSSR count). The number of benzene rings is 1. The van der Waals surface area contributed by atoms with Crippen molar-refractivity contribution in [3.05, 3.63) is 53.3 Å². The number of hydrogen-bond donors (Lipinski definition) is 2. The van der Waals surface area contributed by atoms with Gasteiger partial charge in [0.05, 0.1) is 29.8 Å². The molecular weight excluding hydrogens is 394 g/mol. The Morgan fingerprint density at radius 3 is 2.81 bits per heavy atom. The number of carbonyl (C=O) groups excluding carboxylic acids is 2. The standard InChI is InChI=1S/C23H25N5O3/c1-14-4-3-5-18-19(14)23(22(31)28(18)13-15(2)29)6-8-27(9-7-23)21(30)17-10-16-12-25-26-20(16)24-11-17/h3-5,10-12,15,29H,6-9,13H2,1-2H3,(H,24,25,26). The maximum Gasteiger partial charge on any atom is 0.255 e. The van der Waals surface area contributed by atoms with Gasteiger partial charge in [-0.3, -0.25) is 14.7 Å². The molecule has 2 aromatic heterocycles. The van der Waals surface area contributed by atoms with Crippen LogP contribution in [0.3, 0.4) is 0 Å². The molecule has 160 valence electrons. The maximum absolute atomic E-state index is 13.6. The van der Waals surface area contributed by atoms with Crippen molar-refractivity contribution in [3.63, 3.8) is 0 Å². The molecule has 4 heterocycles. The van der Waals surface area contributed by atoms with Crippen LogP contribution >= 0.6 is 0 Å². The lowest BCUT2D eigenvalue weighted by Crippen LogP contribution is -2.51. The number of carbonyl (C=O) groups is 2. The molecule has 1 atom stereocenters. The molecule has 2 amide bonds. The Bertz CT molecular complexity index is 1180. The summed E-state index contributed by atoms with van der Waals surface area (Å²) in [5, 5.41) is 17.5. The van der Waals surface area contributed by atoms with Gasteiger partial charge in [-0.25, -0.2) is 4.98 Å². The number of aryl methyl sites for hydroxylation is 1. The summed E-state index contributed by atoms with van der Waals surface area (Å²) in [5.41, 5.74) is 3.55.